The van der Waals surface area contributed by atoms with E-state index in [-0.39, 0.29) is 11.4 Å². The lowest BCUT2D eigenvalue weighted by Gasteiger charge is -2.08. The summed E-state index contributed by atoms with van der Waals surface area (Å²) >= 11 is 0. The van der Waals surface area contributed by atoms with Crippen molar-refractivity contribution in [1.82, 2.24) is 0 Å². The molecule has 18 heavy (non-hydrogen) atoms. The van der Waals surface area contributed by atoms with E-state index < -0.39 is 32.2 Å². The number of carboxylic acid groups (broad SMARTS) is 1. The standard InChI is InChI=1S/C9H10N2O6S/c1-2-18(16,17)10-8-4-3-6(11(14)15)5-7(8)9(12)13/h3-5,10H,2H2,1H3,(H,12,13). The van der Waals surface area contributed by atoms with Crippen LogP contribution in [0.1, 0.15) is 17.3 Å². The zero-order chi connectivity index (χ0) is 13.9. The van der Waals surface area contributed by atoms with Crippen molar-refractivity contribution in [2.45, 2.75) is 6.92 Å². The Kier molecular flexibility index (Phi) is 3.86. The highest BCUT2D eigenvalue weighted by Crippen LogP contribution is 2.23. The monoisotopic (exact) mass is 274 g/mol. The molecule has 0 saturated heterocycles. The first-order chi connectivity index (χ1) is 8.26. The summed E-state index contributed by atoms with van der Waals surface area (Å²) in [5.74, 6) is -1.68. The molecule has 0 unspecified atom stereocenters. The van der Waals surface area contributed by atoms with Crippen molar-refractivity contribution in [3.63, 3.8) is 0 Å². The Morgan fingerprint density at radius 3 is 2.56 bits per heavy atom. The summed E-state index contributed by atoms with van der Waals surface area (Å²) in [6.45, 7) is 1.38. The van der Waals surface area contributed by atoms with Crippen LogP contribution in [-0.2, 0) is 10.0 Å². The van der Waals surface area contributed by atoms with Crippen LogP contribution in [0.15, 0.2) is 18.2 Å². The molecular formula is C9H10N2O6S. The minimum atomic E-state index is -3.64. The van der Waals surface area contributed by atoms with E-state index >= 15 is 0 Å². The van der Waals surface area contributed by atoms with Crippen molar-refractivity contribution in [1.29, 1.82) is 0 Å². The van der Waals surface area contributed by atoms with Crippen molar-refractivity contribution in [3.8, 4) is 0 Å². The second-order valence-corrected chi connectivity index (χ2v) is 5.31. The third-order valence-electron chi connectivity index (χ3n) is 2.09. The molecule has 0 radical (unpaired) electrons. The van der Waals surface area contributed by atoms with Crippen LogP contribution in [0.3, 0.4) is 0 Å². The first kappa shape index (κ1) is 13.9. The second-order valence-electron chi connectivity index (χ2n) is 3.30. The molecule has 0 fully saturated rings. The largest absolute Gasteiger partial charge is 0.478 e. The van der Waals surface area contributed by atoms with E-state index in [1.54, 1.807) is 0 Å². The molecule has 0 aromatic heterocycles. The number of carboxylic acids is 1. The first-order valence-electron chi connectivity index (χ1n) is 4.79. The van der Waals surface area contributed by atoms with Gasteiger partial charge in [0.1, 0.15) is 0 Å². The van der Waals surface area contributed by atoms with Crippen molar-refractivity contribution in [2.24, 2.45) is 0 Å². The average Bonchev–Trinajstić information content (AvgIpc) is 2.28. The SMILES string of the molecule is CCS(=O)(=O)Nc1ccc([N+](=O)[O-])cc1C(=O)O. The first-order valence-corrected chi connectivity index (χ1v) is 6.44. The molecule has 0 aliphatic rings. The van der Waals surface area contributed by atoms with Gasteiger partial charge in [0.25, 0.3) is 5.69 Å². The van der Waals surface area contributed by atoms with Gasteiger partial charge in [0.2, 0.25) is 10.0 Å². The molecular weight excluding hydrogens is 264 g/mol. The summed E-state index contributed by atoms with van der Waals surface area (Å²) in [6, 6.07) is 2.88. The molecule has 0 spiro atoms. The number of sulfonamides is 1. The van der Waals surface area contributed by atoms with Gasteiger partial charge in [0.15, 0.2) is 0 Å². The Hall–Kier alpha value is -2.16. The fourth-order valence-corrected chi connectivity index (χ4v) is 1.81. The van der Waals surface area contributed by atoms with Crippen LogP contribution in [0, 0.1) is 10.1 Å². The Balaban J connectivity index is 3.29. The van der Waals surface area contributed by atoms with Gasteiger partial charge in [-0.1, -0.05) is 0 Å². The van der Waals surface area contributed by atoms with Crippen LogP contribution in [0.5, 0.6) is 0 Å². The Bertz CT molecular complexity index is 595. The number of anilines is 1. The molecule has 8 nitrogen and oxygen atoms in total. The average molecular weight is 274 g/mol. The van der Waals surface area contributed by atoms with Gasteiger partial charge in [0, 0.05) is 12.1 Å². The van der Waals surface area contributed by atoms with Crippen molar-refractivity contribution in [3.05, 3.63) is 33.9 Å². The summed E-state index contributed by atoms with van der Waals surface area (Å²) in [7, 11) is -3.64. The van der Waals surface area contributed by atoms with Crippen molar-refractivity contribution < 1.29 is 23.2 Å². The number of non-ortho nitro benzene ring substituents is 1. The third kappa shape index (κ3) is 3.17. The van der Waals surface area contributed by atoms with Gasteiger partial charge in [-0.25, -0.2) is 13.2 Å². The summed E-state index contributed by atoms with van der Waals surface area (Å²) in [5, 5.41) is 19.4. The van der Waals surface area contributed by atoms with Crippen LogP contribution in [0.4, 0.5) is 11.4 Å². The summed E-state index contributed by atoms with van der Waals surface area (Å²) in [6.07, 6.45) is 0. The van der Waals surface area contributed by atoms with Gasteiger partial charge in [-0.2, -0.15) is 0 Å². The maximum atomic E-state index is 11.3. The van der Waals surface area contributed by atoms with E-state index in [4.69, 9.17) is 5.11 Å². The van der Waals surface area contributed by atoms with Gasteiger partial charge < -0.3 is 5.11 Å². The van der Waals surface area contributed by atoms with E-state index in [1.807, 2.05) is 0 Å². The molecule has 2 N–H and O–H groups in total. The van der Waals surface area contributed by atoms with Crippen LogP contribution >= 0.6 is 0 Å². The maximum Gasteiger partial charge on any atom is 0.338 e. The Labute approximate surface area is 102 Å². The number of nitro benzene ring substituents is 1. The predicted octanol–water partition coefficient (Wildman–Crippen LogP) is 1.05. The number of hydrogen-bond acceptors (Lipinski definition) is 5. The zero-order valence-electron chi connectivity index (χ0n) is 9.28. The molecule has 0 atom stereocenters. The third-order valence-corrected chi connectivity index (χ3v) is 3.38. The molecule has 0 aliphatic carbocycles. The maximum absolute atomic E-state index is 11.3. The van der Waals surface area contributed by atoms with Crippen LogP contribution < -0.4 is 4.72 Å². The van der Waals surface area contributed by atoms with Crippen LogP contribution in [-0.4, -0.2) is 30.2 Å². The van der Waals surface area contributed by atoms with Crippen molar-refractivity contribution >= 4 is 27.4 Å². The van der Waals surface area contributed by atoms with Gasteiger partial charge in [-0.15, -0.1) is 0 Å². The van der Waals surface area contributed by atoms with Gasteiger partial charge >= 0.3 is 5.97 Å². The van der Waals surface area contributed by atoms with Gasteiger partial charge in [-0.05, 0) is 13.0 Å². The lowest BCUT2D eigenvalue weighted by atomic mass is 10.1. The molecule has 98 valence electrons. The summed E-state index contributed by atoms with van der Waals surface area (Å²) in [5.41, 5.74) is -1.09. The minimum absolute atomic E-state index is 0.199. The number of nitrogens with zero attached hydrogens (tertiary/aromatic N) is 1. The molecule has 9 heteroatoms. The smallest absolute Gasteiger partial charge is 0.338 e. The van der Waals surface area contributed by atoms with E-state index in [9.17, 15) is 23.3 Å². The molecule has 0 aliphatic heterocycles. The number of hydrogen-bond donors (Lipinski definition) is 2. The topological polar surface area (TPSA) is 127 Å². The quantitative estimate of drug-likeness (QED) is 0.610. The number of rotatable bonds is 5. The van der Waals surface area contributed by atoms with E-state index in [0.717, 1.165) is 18.2 Å². The lowest BCUT2D eigenvalue weighted by Crippen LogP contribution is -2.17. The fourth-order valence-electron chi connectivity index (χ4n) is 1.15. The number of nitro groups is 1. The normalized spacial score (nSPS) is 10.9. The Morgan fingerprint density at radius 2 is 2.11 bits per heavy atom. The van der Waals surface area contributed by atoms with Crippen LogP contribution in [0.25, 0.3) is 0 Å². The lowest BCUT2D eigenvalue weighted by molar-refractivity contribution is -0.384. The molecule has 0 saturated carbocycles. The minimum Gasteiger partial charge on any atom is -0.478 e. The molecule has 1 rings (SSSR count). The molecule has 0 heterocycles. The number of nitrogens with one attached hydrogen (secondary N) is 1. The summed E-state index contributed by atoms with van der Waals surface area (Å²) in [4.78, 5) is 20.7. The van der Waals surface area contributed by atoms with Gasteiger partial charge in [0.05, 0.1) is 21.9 Å². The number of benzene rings is 1. The highest BCUT2D eigenvalue weighted by atomic mass is 32.2. The zero-order valence-corrected chi connectivity index (χ0v) is 10.1. The highest BCUT2D eigenvalue weighted by molar-refractivity contribution is 7.92. The predicted molar refractivity (Wildman–Crippen MR) is 63.1 cm³/mol. The van der Waals surface area contributed by atoms with E-state index in [1.165, 1.54) is 6.92 Å². The molecule has 1 aromatic rings. The van der Waals surface area contributed by atoms with Gasteiger partial charge in [-0.3, -0.25) is 14.8 Å². The second kappa shape index (κ2) is 5.00. The number of carbonyl (C=O) groups is 1. The van der Waals surface area contributed by atoms with Crippen LogP contribution in [0.2, 0.25) is 0 Å². The molecule has 0 amide bonds. The Morgan fingerprint density at radius 1 is 1.50 bits per heavy atom. The summed E-state index contributed by atoms with van der Waals surface area (Å²) < 4.78 is 24.7. The van der Waals surface area contributed by atoms with Crippen molar-refractivity contribution in [2.75, 3.05) is 10.5 Å². The number of aromatic carboxylic acids is 1. The highest BCUT2D eigenvalue weighted by Gasteiger charge is 2.18. The fraction of sp³-hybridized carbons (Fsp3) is 0.222. The van der Waals surface area contributed by atoms with E-state index in [0.29, 0.717) is 0 Å². The molecule has 0 bridgehead atoms. The van der Waals surface area contributed by atoms with E-state index in [2.05, 4.69) is 4.72 Å². The molecule has 1 aromatic carbocycles.